The number of imidazole rings is 1. The van der Waals surface area contributed by atoms with Crippen LogP contribution >= 0.6 is 12.2 Å². The Morgan fingerprint density at radius 3 is 2.70 bits per heavy atom. The zero-order valence-electron chi connectivity index (χ0n) is 11.9. The van der Waals surface area contributed by atoms with E-state index in [0.29, 0.717) is 10.3 Å². The number of nitrogens with zero attached hydrogens (tertiary/aromatic N) is 1. The summed E-state index contributed by atoms with van der Waals surface area (Å²) in [6, 6.07) is 2.35. The van der Waals surface area contributed by atoms with E-state index < -0.39 is 11.6 Å². The van der Waals surface area contributed by atoms with Gasteiger partial charge in [-0.3, -0.25) is 0 Å². The Kier molecular flexibility index (Phi) is 4.91. The van der Waals surface area contributed by atoms with E-state index in [0.717, 1.165) is 18.9 Å². The van der Waals surface area contributed by atoms with Crippen LogP contribution < -0.4 is 0 Å². The van der Waals surface area contributed by atoms with E-state index in [1.165, 1.54) is 25.3 Å². The van der Waals surface area contributed by atoms with Gasteiger partial charge in [0.15, 0.2) is 10.6 Å². The minimum atomic E-state index is -0.594. The van der Waals surface area contributed by atoms with Gasteiger partial charge in [0.1, 0.15) is 11.3 Å². The highest BCUT2D eigenvalue weighted by molar-refractivity contribution is 7.71. The minimum absolute atomic E-state index is 0.134. The Morgan fingerprint density at radius 1 is 1.25 bits per heavy atom. The molecule has 2 aromatic rings. The van der Waals surface area contributed by atoms with Crippen molar-refractivity contribution in [2.24, 2.45) is 0 Å². The van der Waals surface area contributed by atoms with Gasteiger partial charge in [-0.25, -0.2) is 8.78 Å². The molecule has 0 radical (unpaired) electrons. The van der Waals surface area contributed by atoms with Crippen molar-refractivity contribution >= 4 is 23.3 Å². The van der Waals surface area contributed by atoms with Crippen molar-refractivity contribution in [3.8, 4) is 0 Å². The topological polar surface area (TPSA) is 20.7 Å². The van der Waals surface area contributed by atoms with Crippen LogP contribution in [0.3, 0.4) is 0 Å². The summed E-state index contributed by atoms with van der Waals surface area (Å²) in [4.78, 5) is 2.84. The Labute approximate surface area is 122 Å². The molecule has 0 amide bonds. The summed E-state index contributed by atoms with van der Waals surface area (Å²) in [6.45, 7) is 4.21. The number of aromatic amines is 1. The molecule has 2 nitrogen and oxygen atoms in total. The van der Waals surface area contributed by atoms with Crippen LogP contribution in [0.15, 0.2) is 12.1 Å². The molecule has 1 unspecified atom stereocenters. The molecular formula is C15H20F2N2S. The lowest BCUT2D eigenvalue weighted by molar-refractivity contribution is 0.477. The van der Waals surface area contributed by atoms with Crippen molar-refractivity contribution in [1.29, 1.82) is 0 Å². The molecular weight excluding hydrogens is 278 g/mol. The second-order valence-electron chi connectivity index (χ2n) is 5.28. The highest BCUT2D eigenvalue weighted by Gasteiger charge is 2.14. The van der Waals surface area contributed by atoms with Crippen molar-refractivity contribution in [1.82, 2.24) is 9.55 Å². The van der Waals surface area contributed by atoms with Gasteiger partial charge in [0, 0.05) is 12.1 Å². The molecule has 1 atom stereocenters. The quantitative estimate of drug-likeness (QED) is 0.551. The molecule has 0 saturated heterocycles. The van der Waals surface area contributed by atoms with E-state index in [2.05, 4.69) is 11.9 Å². The van der Waals surface area contributed by atoms with Crippen LogP contribution in [0.2, 0.25) is 0 Å². The molecule has 0 aliphatic rings. The van der Waals surface area contributed by atoms with Crippen molar-refractivity contribution in [2.45, 2.75) is 52.0 Å². The van der Waals surface area contributed by atoms with Crippen LogP contribution in [0.25, 0.3) is 11.0 Å². The molecule has 2 rings (SSSR count). The smallest absolute Gasteiger partial charge is 0.178 e. The Bertz CT molecular complexity index is 645. The van der Waals surface area contributed by atoms with Crippen molar-refractivity contribution < 1.29 is 8.78 Å². The zero-order valence-corrected chi connectivity index (χ0v) is 12.7. The predicted octanol–water partition coefficient (Wildman–Crippen LogP) is 5.51. The summed E-state index contributed by atoms with van der Waals surface area (Å²) in [7, 11) is 0. The van der Waals surface area contributed by atoms with Gasteiger partial charge in [-0.1, -0.05) is 32.6 Å². The van der Waals surface area contributed by atoms with Gasteiger partial charge in [0.05, 0.1) is 5.52 Å². The van der Waals surface area contributed by atoms with Gasteiger partial charge >= 0.3 is 0 Å². The maximum Gasteiger partial charge on any atom is 0.178 e. The molecule has 1 aromatic heterocycles. The van der Waals surface area contributed by atoms with Crippen molar-refractivity contribution in [3.05, 3.63) is 28.5 Å². The number of hydrogen-bond acceptors (Lipinski definition) is 1. The lowest BCUT2D eigenvalue weighted by atomic mass is 10.1. The van der Waals surface area contributed by atoms with Crippen molar-refractivity contribution in [2.75, 3.05) is 0 Å². The third kappa shape index (κ3) is 3.08. The molecule has 20 heavy (non-hydrogen) atoms. The minimum Gasteiger partial charge on any atom is -0.328 e. The normalized spacial score (nSPS) is 13.0. The molecule has 0 saturated carbocycles. The number of benzene rings is 1. The van der Waals surface area contributed by atoms with E-state index in [-0.39, 0.29) is 11.6 Å². The maximum atomic E-state index is 13.7. The molecule has 0 aliphatic carbocycles. The fraction of sp³-hybridized carbons (Fsp3) is 0.533. The fourth-order valence-electron chi connectivity index (χ4n) is 2.58. The average molecular weight is 298 g/mol. The summed E-state index contributed by atoms with van der Waals surface area (Å²) in [6.07, 6.45) is 5.65. The monoisotopic (exact) mass is 298 g/mol. The van der Waals surface area contributed by atoms with Crippen LogP contribution in [0, 0.1) is 16.4 Å². The van der Waals surface area contributed by atoms with Gasteiger partial charge < -0.3 is 9.55 Å². The standard InChI is InChI=1S/C15H20F2N2S/c1-3-4-5-6-7-10(2)19-13-9-11(16)8-12(17)14(13)18-15(19)20/h8-10H,3-7H2,1-2H3,(H,18,20). The van der Waals surface area contributed by atoms with Gasteiger partial charge in [-0.15, -0.1) is 0 Å². The molecule has 1 heterocycles. The molecule has 5 heteroatoms. The van der Waals surface area contributed by atoms with E-state index in [1.807, 2.05) is 11.5 Å². The molecule has 1 N–H and O–H groups in total. The number of aromatic nitrogens is 2. The van der Waals surface area contributed by atoms with E-state index in [1.54, 1.807) is 0 Å². The van der Waals surface area contributed by atoms with E-state index in [4.69, 9.17) is 12.2 Å². The first-order chi connectivity index (χ1) is 9.54. The summed E-state index contributed by atoms with van der Waals surface area (Å²) in [5, 5.41) is 0. The SMILES string of the molecule is CCCCCCC(C)n1c(=S)[nH]c2c(F)cc(F)cc21. The Hall–Kier alpha value is -1.23. The highest BCUT2D eigenvalue weighted by Crippen LogP contribution is 2.25. The number of hydrogen-bond donors (Lipinski definition) is 1. The lowest BCUT2D eigenvalue weighted by Gasteiger charge is -2.14. The van der Waals surface area contributed by atoms with Crippen molar-refractivity contribution in [3.63, 3.8) is 0 Å². The average Bonchev–Trinajstić information content (AvgIpc) is 2.71. The van der Waals surface area contributed by atoms with Crippen LogP contribution in [-0.4, -0.2) is 9.55 Å². The largest absolute Gasteiger partial charge is 0.328 e. The first-order valence-electron chi connectivity index (χ1n) is 7.13. The molecule has 0 spiro atoms. The molecule has 1 aromatic carbocycles. The first-order valence-corrected chi connectivity index (χ1v) is 7.54. The van der Waals surface area contributed by atoms with Gasteiger partial charge in [-0.05, 0) is 31.6 Å². The van der Waals surface area contributed by atoms with Crippen LogP contribution in [0.1, 0.15) is 52.0 Å². The number of fused-ring (bicyclic) bond motifs is 1. The van der Waals surface area contributed by atoms with Gasteiger partial charge in [0.2, 0.25) is 0 Å². The number of halogens is 2. The summed E-state index contributed by atoms with van der Waals surface area (Å²) < 4.78 is 29.4. The number of nitrogens with one attached hydrogen (secondary N) is 1. The first kappa shape index (κ1) is 15.2. The number of rotatable bonds is 6. The molecule has 0 aliphatic heterocycles. The van der Waals surface area contributed by atoms with Crippen LogP contribution in [-0.2, 0) is 0 Å². The third-order valence-corrected chi connectivity index (χ3v) is 3.96. The number of H-pyrrole nitrogens is 1. The summed E-state index contributed by atoms with van der Waals surface area (Å²) >= 11 is 5.25. The van der Waals surface area contributed by atoms with E-state index >= 15 is 0 Å². The third-order valence-electron chi connectivity index (χ3n) is 3.66. The van der Waals surface area contributed by atoms with E-state index in [9.17, 15) is 8.78 Å². The highest BCUT2D eigenvalue weighted by atomic mass is 32.1. The van der Waals surface area contributed by atoms with Gasteiger partial charge in [0.25, 0.3) is 0 Å². The fourth-order valence-corrected chi connectivity index (χ4v) is 2.96. The predicted molar refractivity (Wildman–Crippen MR) is 80.5 cm³/mol. The Balaban J connectivity index is 2.29. The Morgan fingerprint density at radius 2 is 2.00 bits per heavy atom. The van der Waals surface area contributed by atoms with Crippen LogP contribution in [0.5, 0.6) is 0 Å². The number of unbranched alkanes of at least 4 members (excludes halogenated alkanes) is 3. The molecule has 110 valence electrons. The molecule has 0 bridgehead atoms. The second-order valence-corrected chi connectivity index (χ2v) is 5.67. The van der Waals surface area contributed by atoms with Gasteiger partial charge in [-0.2, -0.15) is 0 Å². The molecule has 0 fully saturated rings. The lowest BCUT2D eigenvalue weighted by Crippen LogP contribution is -2.05. The zero-order chi connectivity index (χ0) is 14.7. The second kappa shape index (κ2) is 6.48. The maximum absolute atomic E-state index is 13.7. The van der Waals surface area contributed by atoms with Crippen LogP contribution in [0.4, 0.5) is 8.78 Å². The summed E-state index contributed by atoms with van der Waals surface area (Å²) in [5.41, 5.74) is 0.798. The summed E-state index contributed by atoms with van der Waals surface area (Å²) in [5.74, 6) is -1.17.